The summed E-state index contributed by atoms with van der Waals surface area (Å²) in [6, 6.07) is 0. The summed E-state index contributed by atoms with van der Waals surface area (Å²) in [5, 5.41) is 9.01. The molecule has 2 bridgehead atoms. The van der Waals surface area contributed by atoms with Crippen LogP contribution >= 0.6 is 0 Å². The molecule has 1 N–H and O–H groups in total. The van der Waals surface area contributed by atoms with Gasteiger partial charge in [-0.1, -0.05) is 0 Å². The Morgan fingerprint density at radius 2 is 2.56 bits per heavy atom. The quantitative estimate of drug-likeness (QED) is 0.561. The molecule has 0 saturated heterocycles. The van der Waals surface area contributed by atoms with Crippen LogP contribution in [-0.2, 0) is 0 Å². The summed E-state index contributed by atoms with van der Waals surface area (Å²) >= 11 is 0. The van der Waals surface area contributed by atoms with Crippen LogP contribution in [0.2, 0.25) is 0 Å². The van der Waals surface area contributed by atoms with Crippen LogP contribution in [0.4, 0.5) is 0 Å². The predicted octanol–water partition coefficient (Wildman–Crippen LogP) is 1.37. The Bertz CT molecular complexity index is 112. The first kappa shape index (κ1) is 5.72. The van der Waals surface area contributed by atoms with Gasteiger partial charge in [-0.15, -0.1) is 0 Å². The van der Waals surface area contributed by atoms with Crippen molar-refractivity contribution >= 4 is 0 Å². The maximum absolute atomic E-state index is 9.01. The third kappa shape index (κ3) is 0.710. The monoisotopic (exact) mass is 125 g/mol. The van der Waals surface area contributed by atoms with Crippen LogP contribution in [0.15, 0.2) is 0 Å². The highest BCUT2D eigenvalue weighted by molar-refractivity contribution is 5.06. The van der Waals surface area contributed by atoms with Crippen molar-refractivity contribution in [1.82, 2.24) is 0 Å². The Labute approximate surface area is 56.1 Å². The van der Waals surface area contributed by atoms with Gasteiger partial charge in [0.2, 0.25) is 0 Å². The average Bonchev–Trinajstić information content (AvgIpc) is 2.46. The molecule has 51 valence electrons. The van der Waals surface area contributed by atoms with E-state index in [0.717, 1.165) is 5.92 Å². The van der Waals surface area contributed by atoms with Crippen molar-refractivity contribution in [3.63, 3.8) is 0 Å². The number of rotatable bonds is 1. The molecule has 0 aromatic rings. The Morgan fingerprint density at radius 1 is 1.67 bits per heavy atom. The highest BCUT2D eigenvalue weighted by atomic mass is 16.3. The lowest BCUT2D eigenvalue weighted by molar-refractivity contribution is 0.166. The minimum Gasteiger partial charge on any atom is -0.396 e. The minimum atomic E-state index is 0.282. The molecule has 2 aliphatic rings. The van der Waals surface area contributed by atoms with Gasteiger partial charge in [-0.05, 0) is 43.4 Å². The lowest BCUT2D eigenvalue weighted by Gasteiger charge is -2.22. The fourth-order valence-corrected chi connectivity index (χ4v) is 2.28. The van der Waals surface area contributed by atoms with E-state index in [9.17, 15) is 0 Å². The first-order valence-electron chi connectivity index (χ1n) is 3.80. The van der Waals surface area contributed by atoms with Crippen molar-refractivity contribution in [2.75, 3.05) is 6.61 Å². The van der Waals surface area contributed by atoms with E-state index in [1.165, 1.54) is 25.7 Å². The van der Waals surface area contributed by atoms with Gasteiger partial charge in [0, 0.05) is 6.61 Å². The van der Waals surface area contributed by atoms with Crippen LogP contribution in [0.5, 0.6) is 0 Å². The van der Waals surface area contributed by atoms with Crippen molar-refractivity contribution in [3.05, 3.63) is 6.42 Å². The highest BCUT2D eigenvalue weighted by Gasteiger charge is 2.44. The highest BCUT2D eigenvalue weighted by Crippen LogP contribution is 2.52. The van der Waals surface area contributed by atoms with Crippen molar-refractivity contribution in [2.45, 2.75) is 25.7 Å². The van der Waals surface area contributed by atoms with E-state index >= 15 is 0 Å². The maximum Gasteiger partial charge on any atom is 0.0490 e. The Kier molecular flexibility index (Phi) is 1.10. The zero-order valence-corrected chi connectivity index (χ0v) is 5.64. The molecule has 0 heterocycles. The molecule has 0 aliphatic heterocycles. The molecule has 2 rings (SSSR count). The van der Waals surface area contributed by atoms with Gasteiger partial charge in [0.05, 0.1) is 0 Å². The fourth-order valence-electron chi connectivity index (χ4n) is 2.28. The van der Waals surface area contributed by atoms with E-state index in [0.29, 0.717) is 6.61 Å². The number of aliphatic hydroxyl groups is 1. The molecule has 2 saturated carbocycles. The third-order valence-corrected chi connectivity index (χ3v) is 2.94. The second kappa shape index (κ2) is 1.72. The molecular formula is C8H13O. The largest absolute Gasteiger partial charge is 0.396 e. The smallest absolute Gasteiger partial charge is 0.0490 e. The Balaban J connectivity index is 2.13. The molecule has 9 heavy (non-hydrogen) atoms. The molecule has 2 fully saturated rings. The summed E-state index contributed by atoms with van der Waals surface area (Å²) < 4.78 is 0. The lowest BCUT2D eigenvalue weighted by atomic mass is 9.85. The summed E-state index contributed by atoms with van der Waals surface area (Å²) in [7, 11) is 0. The van der Waals surface area contributed by atoms with E-state index < -0.39 is 0 Å². The van der Waals surface area contributed by atoms with Crippen LogP contribution in [0.25, 0.3) is 0 Å². The first-order chi connectivity index (χ1) is 4.35. The standard InChI is InChI=1S/C8H13O/c9-6-8-3-1-7(5-8)2-4-8/h3,7,9H,1-2,4-6H2. The average molecular weight is 125 g/mol. The summed E-state index contributed by atoms with van der Waals surface area (Å²) in [5.41, 5.74) is 0.282. The molecule has 0 spiro atoms. The van der Waals surface area contributed by atoms with E-state index in [1.807, 2.05) is 0 Å². The molecule has 1 heteroatoms. The first-order valence-corrected chi connectivity index (χ1v) is 3.80. The van der Waals surface area contributed by atoms with Gasteiger partial charge >= 0.3 is 0 Å². The van der Waals surface area contributed by atoms with E-state index in [4.69, 9.17) is 5.11 Å². The second-order valence-electron chi connectivity index (χ2n) is 3.57. The number of hydrogen-bond acceptors (Lipinski definition) is 1. The normalized spacial score (nSPS) is 48.3. The van der Waals surface area contributed by atoms with Crippen molar-refractivity contribution in [3.8, 4) is 0 Å². The van der Waals surface area contributed by atoms with E-state index in [2.05, 4.69) is 6.42 Å². The van der Waals surface area contributed by atoms with Crippen LogP contribution in [-0.4, -0.2) is 11.7 Å². The molecule has 2 aliphatic carbocycles. The number of hydrogen-bond donors (Lipinski definition) is 1. The van der Waals surface area contributed by atoms with E-state index in [-0.39, 0.29) is 5.41 Å². The van der Waals surface area contributed by atoms with Crippen molar-refractivity contribution in [2.24, 2.45) is 11.3 Å². The van der Waals surface area contributed by atoms with Crippen LogP contribution < -0.4 is 0 Å². The van der Waals surface area contributed by atoms with Gasteiger partial charge in [-0.2, -0.15) is 0 Å². The van der Waals surface area contributed by atoms with Gasteiger partial charge < -0.3 is 5.11 Å². The molecule has 2 atom stereocenters. The third-order valence-electron chi connectivity index (χ3n) is 2.94. The number of aliphatic hydroxyl groups excluding tert-OH is 1. The summed E-state index contributed by atoms with van der Waals surface area (Å²) in [6.07, 6.45) is 7.47. The Hall–Kier alpha value is -0.0400. The van der Waals surface area contributed by atoms with Gasteiger partial charge in [0.1, 0.15) is 0 Å². The topological polar surface area (TPSA) is 20.2 Å². The zero-order chi connectivity index (χ0) is 6.32. The minimum absolute atomic E-state index is 0.282. The summed E-state index contributed by atoms with van der Waals surface area (Å²) in [5.74, 6) is 0.928. The van der Waals surface area contributed by atoms with Gasteiger partial charge in [0.15, 0.2) is 0 Å². The maximum atomic E-state index is 9.01. The molecular weight excluding hydrogens is 112 g/mol. The van der Waals surface area contributed by atoms with Crippen LogP contribution in [0.1, 0.15) is 25.7 Å². The van der Waals surface area contributed by atoms with Crippen LogP contribution in [0.3, 0.4) is 0 Å². The molecule has 1 nitrogen and oxygen atoms in total. The van der Waals surface area contributed by atoms with Crippen molar-refractivity contribution < 1.29 is 5.11 Å². The Morgan fingerprint density at radius 3 is 2.78 bits per heavy atom. The summed E-state index contributed by atoms with van der Waals surface area (Å²) in [4.78, 5) is 0. The molecule has 0 aromatic heterocycles. The molecule has 1 radical (unpaired) electrons. The number of fused-ring (bicyclic) bond motifs is 2. The molecule has 2 unspecified atom stereocenters. The lowest BCUT2D eigenvalue weighted by Crippen LogP contribution is -2.19. The van der Waals surface area contributed by atoms with Gasteiger partial charge in [-0.3, -0.25) is 0 Å². The second-order valence-corrected chi connectivity index (χ2v) is 3.57. The predicted molar refractivity (Wildman–Crippen MR) is 35.8 cm³/mol. The van der Waals surface area contributed by atoms with E-state index in [1.54, 1.807) is 0 Å². The van der Waals surface area contributed by atoms with Gasteiger partial charge in [0.25, 0.3) is 0 Å². The fraction of sp³-hybridized carbons (Fsp3) is 0.875. The van der Waals surface area contributed by atoms with Crippen molar-refractivity contribution in [1.29, 1.82) is 0 Å². The zero-order valence-electron chi connectivity index (χ0n) is 5.64. The van der Waals surface area contributed by atoms with Gasteiger partial charge in [-0.25, -0.2) is 0 Å². The summed E-state index contributed by atoms with van der Waals surface area (Å²) in [6.45, 7) is 0.392. The molecule has 0 aromatic carbocycles. The SMILES string of the molecule is OCC12[CH]CC(CC1)C2. The van der Waals surface area contributed by atoms with Crippen LogP contribution in [0, 0.1) is 17.8 Å². The molecule has 0 amide bonds.